The highest BCUT2D eigenvalue weighted by molar-refractivity contribution is 5.64. The van der Waals surface area contributed by atoms with E-state index in [0.717, 1.165) is 22.4 Å². The number of hydrogen-bond acceptors (Lipinski definition) is 2. The number of aromatic amines is 1. The summed E-state index contributed by atoms with van der Waals surface area (Å²) in [5.74, 6) is 0.855. The number of pyridine rings is 1. The van der Waals surface area contributed by atoms with Crippen molar-refractivity contribution < 1.29 is 4.74 Å². The number of benzene rings is 1. The quantitative estimate of drug-likeness (QED) is 0.835. The Labute approximate surface area is 93.7 Å². The summed E-state index contributed by atoms with van der Waals surface area (Å²) in [6.07, 6.45) is 1.65. The van der Waals surface area contributed by atoms with Crippen LogP contribution in [-0.2, 0) is 0 Å². The molecule has 0 bridgehead atoms. The highest BCUT2D eigenvalue weighted by Gasteiger charge is 2.02. The number of hydrogen-bond donors (Lipinski definition) is 1. The van der Waals surface area contributed by atoms with Crippen molar-refractivity contribution in [2.24, 2.45) is 0 Å². The van der Waals surface area contributed by atoms with Gasteiger partial charge in [0.15, 0.2) is 0 Å². The predicted octanol–water partition coefficient (Wildman–Crippen LogP) is 2.36. The first-order chi connectivity index (χ1) is 7.70. The summed E-state index contributed by atoms with van der Waals surface area (Å²) in [7, 11) is 1.65. The van der Waals surface area contributed by atoms with Crippen molar-refractivity contribution in [3.8, 4) is 16.9 Å². The van der Waals surface area contributed by atoms with Crippen LogP contribution in [0.2, 0.25) is 0 Å². The molecule has 16 heavy (non-hydrogen) atoms. The number of methoxy groups -OCH3 is 1. The maximum Gasteiger partial charge on any atom is 0.248 e. The molecule has 0 radical (unpaired) electrons. The number of aryl methyl sites for hydroxylation is 1. The molecule has 1 N–H and O–H groups in total. The summed E-state index contributed by atoms with van der Waals surface area (Å²) in [6, 6.07) is 9.32. The van der Waals surface area contributed by atoms with Crippen LogP contribution in [-0.4, -0.2) is 12.1 Å². The lowest BCUT2D eigenvalue weighted by molar-refractivity contribution is 0.412. The molecule has 2 rings (SSSR count). The van der Waals surface area contributed by atoms with Gasteiger partial charge in [-0.05, 0) is 41.8 Å². The molecule has 0 fully saturated rings. The predicted molar refractivity (Wildman–Crippen MR) is 63.8 cm³/mol. The molecule has 0 saturated heterocycles. The third-order valence-corrected chi connectivity index (χ3v) is 2.50. The van der Waals surface area contributed by atoms with Crippen molar-refractivity contribution in [3.05, 3.63) is 52.4 Å². The van der Waals surface area contributed by atoms with Crippen LogP contribution < -0.4 is 10.3 Å². The van der Waals surface area contributed by atoms with Gasteiger partial charge in [-0.3, -0.25) is 4.79 Å². The van der Waals surface area contributed by atoms with E-state index in [1.807, 2.05) is 31.2 Å². The molecule has 1 heterocycles. The minimum absolute atomic E-state index is 0.0917. The summed E-state index contributed by atoms with van der Waals surface area (Å²) in [4.78, 5) is 13.8. The van der Waals surface area contributed by atoms with E-state index in [9.17, 15) is 4.79 Å². The average molecular weight is 215 g/mol. The molecule has 82 valence electrons. The van der Waals surface area contributed by atoms with Gasteiger partial charge in [0.05, 0.1) is 7.11 Å². The average Bonchev–Trinajstić information content (AvgIpc) is 2.29. The highest BCUT2D eigenvalue weighted by atomic mass is 16.5. The standard InChI is InChI=1S/C13H13NO2/c1-9-7-10(3-4-12(9)16-2)11-5-6-14-13(15)8-11/h3-8H,1-2H3,(H,14,15). The van der Waals surface area contributed by atoms with Crippen LogP contribution in [0.3, 0.4) is 0 Å². The first-order valence-corrected chi connectivity index (χ1v) is 5.04. The molecule has 1 aromatic carbocycles. The summed E-state index contributed by atoms with van der Waals surface area (Å²) in [5.41, 5.74) is 2.89. The molecule has 3 nitrogen and oxygen atoms in total. The van der Waals surface area contributed by atoms with Crippen molar-refractivity contribution >= 4 is 0 Å². The van der Waals surface area contributed by atoms with Gasteiger partial charge in [0.25, 0.3) is 0 Å². The molecule has 0 unspecified atom stereocenters. The number of nitrogens with one attached hydrogen (secondary N) is 1. The fourth-order valence-corrected chi connectivity index (χ4v) is 1.68. The molecular weight excluding hydrogens is 202 g/mol. The smallest absolute Gasteiger partial charge is 0.248 e. The van der Waals surface area contributed by atoms with Gasteiger partial charge >= 0.3 is 0 Å². The van der Waals surface area contributed by atoms with Crippen LogP contribution in [0.5, 0.6) is 5.75 Å². The molecule has 0 aliphatic heterocycles. The zero-order valence-corrected chi connectivity index (χ0v) is 9.28. The zero-order chi connectivity index (χ0) is 11.5. The number of rotatable bonds is 2. The van der Waals surface area contributed by atoms with Crippen LogP contribution in [0.4, 0.5) is 0 Å². The van der Waals surface area contributed by atoms with E-state index >= 15 is 0 Å². The lowest BCUT2D eigenvalue weighted by atomic mass is 10.0. The number of ether oxygens (including phenoxy) is 1. The van der Waals surface area contributed by atoms with Gasteiger partial charge in [-0.25, -0.2) is 0 Å². The number of H-pyrrole nitrogens is 1. The van der Waals surface area contributed by atoms with Gasteiger partial charge in [0, 0.05) is 12.3 Å². The maximum absolute atomic E-state index is 11.2. The second-order valence-corrected chi connectivity index (χ2v) is 3.63. The zero-order valence-electron chi connectivity index (χ0n) is 9.28. The van der Waals surface area contributed by atoms with Crippen molar-refractivity contribution in [2.75, 3.05) is 7.11 Å². The molecule has 2 aromatic rings. The SMILES string of the molecule is COc1ccc(-c2cc[nH]c(=O)c2)cc1C. The molecule has 0 amide bonds. The topological polar surface area (TPSA) is 42.1 Å². The molecule has 1 aromatic heterocycles. The van der Waals surface area contributed by atoms with Crippen molar-refractivity contribution in [2.45, 2.75) is 6.92 Å². The fourth-order valence-electron chi connectivity index (χ4n) is 1.68. The monoisotopic (exact) mass is 215 g/mol. The highest BCUT2D eigenvalue weighted by Crippen LogP contribution is 2.24. The second kappa shape index (κ2) is 4.23. The Morgan fingerprint density at radius 3 is 2.50 bits per heavy atom. The third kappa shape index (κ3) is 1.98. The van der Waals surface area contributed by atoms with E-state index in [0.29, 0.717) is 0 Å². The Hall–Kier alpha value is -2.03. The first kappa shape index (κ1) is 10.5. The van der Waals surface area contributed by atoms with E-state index in [1.54, 1.807) is 19.4 Å². The van der Waals surface area contributed by atoms with E-state index in [4.69, 9.17) is 4.74 Å². The second-order valence-electron chi connectivity index (χ2n) is 3.63. The van der Waals surface area contributed by atoms with Gasteiger partial charge in [-0.2, -0.15) is 0 Å². The lowest BCUT2D eigenvalue weighted by Crippen LogP contribution is -2.02. The Kier molecular flexibility index (Phi) is 2.77. The van der Waals surface area contributed by atoms with Crippen LogP contribution in [0.1, 0.15) is 5.56 Å². The number of aromatic nitrogens is 1. The summed E-state index contributed by atoms with van der Waals surface area (Å²) in [6.45, 7) is 1.98. The summed E-state index contributed by atoms with van der Waals surface area (Å²) in [5, 5.41) is 0. The van der Waals surface area contributed by atoms with Crippen molar-refractivity contribution in [1.82, 2.24) is 4.98 Å². The van der Waals surface area contributed by atoms with E-state index in [2.05, 4.69) is 4.98 Å². The molecule has 0 atom stereocenters. The van der Waals surface area contributed by atoms with Crippen molar-refractivity contribution in [1.29, 1.82) is 0 Å². The van der Waals surface area contributed by atoms with Gasteiger partial charge in [0.1, 0.15) is 5.75 Å². The molecule has 0 saturated carbocycles. The van der Waals surface area contributed by atoms with Crippen LogP contribution >= 0.6 is 0 Å². The Morgan fingerprint density at radius 1 is 1.12 bits per heavy atom. The normalized spacial score (nSPS) is 10.1. The van der Waals surface area contributed by atoms with E-state index in [-0.39, 0.29) is 5.56 Å². The summed E-state index contributed by atoms with van der Waals surface area (Å²) >= 11 is 0. The first-order valence-electron chi connectivity index (χ1n) is 5.04. The van der Waals surface area contributed by atoms with Gasteiger partial charge in [0.2, 0.25) is 5.56 Å². The minimum atomic E-state index is -0.0917. The summed E-state index contributed by atoms with van der Waals surface area (Å²) < 4.78 is 5.19. The van der Waals surface area contributed by atoms with Crippen LogP contribution in [0.15, 0.2) is 41.3 Å². The van der Waals surface area contributed by atoms with Gasteiger partial charge in [-0.1, -0.05) is 6.07 Å². The third-order valence-electron chi connectivity index (χ3n) is 2.50. The van der Waals surface area contributed by atoms with Crippen LogP contribution in [0.25, 0.3) is 11.1 Å². The van der Waals surface area contributed by atoms with Crippen molar-refractivity contribution in [3.63, 3.8) is 0 Å². The molecule has 0 spiro atoms. The van der Waals surface area contributed by atoms with E-state index < -0.39 is 0 Å². The minimum Gasteiger partial charge on any atom is -0.496 e. The fraction of sp³-hybridized carbons (Fsp3) is 0.154. The largest absolute Gasteiger partial charge is 0.496 e. The molecular formula is C13H13NO2. The molecule has 3 heteroatoms. The Bertz CT molecular complexity index is 558. The maximum atomic E-state index is 11.2. The van der Waals surface area contributed by atoms with E-state index in [1.165, 1.54) is 0 Å². The molecule has 0 aliphatic rings. The molecule has 0 aliphatic carbocycles. The van der Waals surface area contributed by atoms with Crippen LogP contribution in [0, 0.1) is 6.92 Å². The van der Waals surface area contributed by atoms with Gasteiger partial charge < -0.3 is 9.72 Å². The Balaban J connectivity index is 2.49. The van der Waals surface area contributed by atoms with Gasteiger partial charge in [-0.15, -0.1) is 0 Å². The lowest BCUT2D eigenvalue weighted by Gasteiger charge is -2.07. The Morgan fingerprint density at radius 2 is 1.88 bits per heavy atom.